The summed E-state index contributed by atoms with van der Waals surface area (Å²) in [6, 6.07) is 1.42. The predicted octanol–water partition coefficient (Wildman–Crippen LogP) is 0.735. The van der Waals surface area contributed by atoms with E-state index < -0.39 is 0 Å². The maximum Gasteiger partial charge on any atom is 0.295 e. The third-order valence-corrected chi connectivity index (χ3v) is 1.23. The van der Waals surface area contributed by atoms with Crippen LogP contribution in [0.2, 0.25) is 0 Å². The van der Waals surface area contributed by atoms with Crippen LogP contribution >= 0.6 is 0 Å². The maximum absolute atomic E-state index is 11.0. The van der Waals surface area contributed by atoms with Gasteiger partial charge >= 0.3 is 0 Å². The van der Waals surface area contributed by atoms with Crippen LogP contribution in [0.25, 0.3) is 0 Å². The lowest BCUT2D eigenvalue weighted by Gasteiger charge is -1.97. The Balaban J connectivity index is 2.76. The summed E-state index contributed by atoms with van der Waals surface area (Å²) in [6.07, 6.45) is 1.26. The molecule has 0 fully saturated rings. The zero-order valence-corrected chi connectivity index (χ0v) is 6.13. The first-order valence-corrected chi connectivity index (χ1v) is 3.30. The minimum atomic E-state index is -0.337. The number of hydrogen-bond acceptors (Lipinski definition) is 3. The van der Waals surface area contributed by atoms with Crippen LogP contribution in [0.15, 0.2) is 16.7 Å². The fourth-order valence-corrected chi connectivity index (χ4v) is 0.730. The second-order valence-electron chi connectivity index (χ2n) is 2.00. The molecule has 1 heterocycles. The van der Waals surface area contributed by atoms with Crippen molar-refractivity contribution < 1.29 is 14.3 Å². The van der Waals surface area contributed by atoms with Crippen LogP contribution in [-0.4, -0.2) is 17.6 Å². The molecule has 0 aromatic carbocycles. The zero-order chi connectivity index (χ0) is 8.27. The molecule has 0 bridgehead atoms. The molecule has 0 spiro atoms. The second-order valence-corrected chi connectivity index (χ2v) is 2.00. The molecule has 0 aliphatic rings. The molecule has 1 aromatic rings. The molecule has 0 unspecified atom stereocenters. The minimum Gasteiger partial charge on any atom is -0.480 e. The van der Waals surface area contributed by atoms with E-state index in [9.17, 15) is 4.79 Å². The van der Waals surface area contributed by atoms with E-state index in [2.05, 4.69) is 9.73 Å². The van der Waals surface area contributed by atoms with Gasteiger partial charge in [-0.05, 0) is 13.0 Å². The van der Waals surface area contributed by atoms with Crippen molar-refractivity contribution in [1.29, 1.82) is 0 Å². The van der Waals surface area contributed by atoms with Crippen molar-refractivity contribution in [1.82, 2.24) is 5.32 Å². The van der Waals surface area contributed by atoms with Gasteiger partial charge in [-0.1, -0.05) is 0 Å². The first-order chi connectivity index (χ1) is 5.25. The summed E-state index contributed by atoms with van der Waals surface area (Å²) in [5, 5.41) is 11.4. The van der Waals surface area contributed by atoms with Gasteiger partial charge in [0.05, 0.1) is 6.26 Å². The first kappa shape index (κ1) is 7.65. The summed E-state index contributed by atoms with van der Waals surface area (Å²) < 4.78 is 4.53. The van der Waals surface area contributed by atoms with Crippen molar-refractivity contribution in [2.45, 2.75) is 6.92 Å². The summed E-state index contributed by atoms with van der Waals surface area (Å²) in [4.78, 5) is 11.0. The van der Waals surface area contributed by atoms with E-state index in [-0.39, 0.29) is 17.4 Å². The number of aromatic hydroxyl groups is 1. The Bertz CT molecular complexity index is 254. The number of hydrogen-bond donors (Lipinski definition) is 2. The number of nitrogens with one attached hydrogen (secondary N) is 1. The molecule has 0 aliphatic carbocycles. The fourth-order valence-electron chi connectivity index (χ4n) is 0.730. The van der Waals surface area contributed by atoms with Gasteiger partial charge in [0.25, 0.3) is 11.9 Å². The topological polar surface area (TPSA) is 62.5 Å². The highest BCUT2D eigenvalue weighted by Gasteiger charge is 2.11. The average Bonchev–Trinajstić information content (AvgIpc) is 2.36. The number of rotatable bonds is 2. The summed E-state index contributed by atoms with van der Waals surface area (Å²) >= 11 is 0. The summed E-state index contributed by atoms with van der Waals surface area (Å²) in [6.45, 7) is 2.33. The van der Waals surface area contributed by atoms with Crippen LogP contribution < -0.4 is 5.32 Å². The molecule has 0 aliphatic heterocycles. The molecule has 4 nitrogen and oxygen atoms in total. The van der Waals surface area contributed by atoms with Crippen molar-refractivity contribution >= 4 is 5.91 Å². The van der Waals surface area contributed by atoms with Gasteiger partial charge in [0.15, 0.2) is 0 Å². The highest BCUT2D eigenvalue weighted by atomic mass is 16.5. The van der Waals surface area contributed by atoms with Gasteiger partial charge in [0, 0.05) is 6.54 Å². The Morgan fingerprint density at radius 3 is 3.00 bits per heavy atom. The quantitative estimate of drug-likeness (QED) is 0.661. The Hall–Kier alpha value is -1.45. The normalized spacial score (nSPS) is 9.55. The van der Waals surface area contributed by atoms with Gasteiger partial charge in [0.2, 0.25) is 0 Å². The average molecular weight is 155 g/mol. The van der Waals surface area contributed by atoms with Crippen molar-refractivity contribution in [3.8, 4) is 5.95 Å². The van der Waals surface area contributed by atoms with E-state index in [1.54, 1.807) is 6.92 Å². The molecular weight excluding hydrogens is 146 g/mol. The van der Waals surface area contributed by atoms with Crippen molar-refractivity contribution in [3.63, 3.8) is 0 Å². The number of carbonyl (C=O) groups is 1. The molecule has 0 atom stereocenters. The minimum absolute atomic E-state index is 0.173. The largest absolute Gasteiger partial charge is 0.480 e. The molecule has 1 amide bonds. The smallest absolute Gasteiger partial charge is 0.295 e. The Morgan fingerprint density at radius 2 is 2.55 bits per heavy atom. The van der Waals surface area contributed by atoms with Crippen molar-refractivity contribution in [2.24, 2.45) is 0 Å². The molecule has 60 valence electrons. The van der Waals surface area contributed by atoms with E-state index >= 15 is 0 Å². The van der Waals surface area contributed by atoms with Crippen LogP contribution in [0.1, 0.15) is 17.3 Å². The lowest BCUT2D eigenvalue weighted by Crippen LogP contribution is -2.22. The maximum atomic E-state index is 11.0. The third-order valence-electron chi connectivity index (χ3n) is 1.23. The molecule has 0 saturated carbocycles. The molecule has 2 N–H and O–H groups in total. The predicted molar refractivity (Wildman–Crippen MR) is 38.4 cm³/mol. The van der Waals surface area contributed by atoms with Gasteiger partial charge in [-0.25, -0.2) is 0 Å². The second kappa shape index (κ2) is 3.09. The molecule has 1 aromatic heterocycles. The van der Waals surface area contributed by atoms with Crippen molar-refractivity contribution in [3.05, 3.63) is 17.9 Å². The third kappa shape index (κ3) is 1.52. The molecule has 11 heavy (non-hydrogen) atoms. The van der Waals surface area contributed by atoms with E-state index in [0.29, 0.717) is 6.54 Å². The van der Waals surface area contributed by atoms with E-state index in [1.165, 1.54) is 12.3 Å². The van der Waals surface area contributed by atoms with Crippen LogP contribution in [-0.2, 0) is 0 Å². The van der Waals surface area contributed by atoms with Gasteiger partial charge < -0.3 is 14.8 Å². The highest BCUT2D eigenvalue weighted by molar-refractivity contribution is 5.95. The molecule has 4 heteroatoms. The summed E-state index contributed by atoms with van der Waals surface area (Å²) in [5.41, 5.74) is 0.173. The highest BCUT2D eigenvalue weighted by Crippen LogP contribution is 2.16. The van der Waals surface area contributed by atoms with Crippen LogP contribution in [0.5, 0.6) is 5.95 Å². The van der Waals surface area contributed by atoms with Gasteiger partial charge in [-0.2, -0.15) is 0 Å². The molecule has 0 saturated heterocycles. The van der Waals surface area contributed by atoms with Gasteiger partial charge in [-0.15, -0.1) is 0 Å². The van der Waals surface area contributed by atoms with Crippen molar-refractivity contribution in [2.75, 3.05) is 6.54 Å². The molecule has 0 radical (unpaired) electrons. The Labute approximate surface area is 63.8 Å². The van der Waals surface area contributed by atoms with E-state index in [4.69, 9.17) is 5.11 Å². The fraction of sp³-hybridized carbons (Fsp3) is 0.286. The van der Waals surface area contributed by atoms with Crippen LogP contribution in [0.3, 0.4) is 0 Å². The Kier molecular flexibility index (Phi) is 2.15. The van der Waals surface area contributed by atoms with E-state index in [1.807, 2.05) is 0 Å². The van der Waals surface area contributed by atoms with Crippen LogP contribution in [0.4, 0.5) is 0 Å². The Morgan fingerprint density at radius 1 is 1.82 bits per heavy atom. The molecular formula is C7H9NO3. The first-order valence-electron chi connectivity index (χ1n) is 3.30. The van der Waals surface area contributed by atoms with Crippen LogP contribution in [0, 0.1) is 0 Å². The number of amides is 1. The molecule has 1 rings (SSSR count). The summed E-state index contributed by atoms with van der Waals surface area (Å²) in [5.74, 6) is -0.658. The monoisotopic (exact) mass is 155 g/mol. The summed E-state index contributed by atoms with van der Waals surface area (Å²) in [7, 11) is 0. The van der Waals surface area contributed by atoms with Gasteiger partial charge in [-0.3, -0.25) is 4.79 Å². The van der Waals surface area contributed by atoms with Gasteiger partial charge in [0.1, 0.15) is 5.56 Å². The standard InChI is InChI=1S/C7H9NO3/c1-2-8-6(9)5-3-4-11-7(5)10/h3-4,10H,2H2,1H3,(H,8,9). The lowest BCUT2D eigenvalue weighted by atomic mass is 10.3. The number of carbonyl (C=O) groups excluding carboxylic acids is 1. The van der Waals surface area contributed by atoms with E-state index in [0.717, 1.165) is 0 Å². The lowest BCUT2D eigenvalue weighted by molar-refractivity contribution is 0.0951. The zero-order valence-electron chi connectivity index (χ0n) is 6.13. The number of furan rings is 1. The SMILES string of the molecule is CCNC(=O)c1ccoc1O.